The van der Waals surface area contributed by atoms with Crippen LogP contribution in [0, 0.1) is 12.7 Å². The lowest BCUT2D eigenvalue weighted by molar-refractivity contribution is 0.102. The minimum Gasteiger partial charge on any atom is -0.392 e. The number of sulfonamides is 1. The highest BCUT2D eigenvalue weighted by molar-refractivity contribution is 7.89. The molecule has 21 heavy (non-hydrogen) atoms. The van der Waals surface area contributed by atoms with Crippen molar-refractivity contribution in [1.29, 1.82) is 0 Å². The van der Waals surface area contributed by atoms with Crippen molar-refractivity contribution in [3.63, 3.8) is 0 Å². The summed E-state index contributed by atoms with van der Waals surface area (Å²) in [5, 5.41) is 9.16. The van der Waals surface area contributed by atoms with Crippen LogP contribution in [0.4, 0.5) is 4.39 Å². The van der Waals surface area contributed by atoms with Gasteiger partial charge in [-0.15, -0.1) is 0 Å². The molecule has 0 spiro atoms. The van der Waals surface area contributed by atoms with Gasteiger partial charge in [0.2, 0.25) is 10.0 Å². The lowest BCUT2D eigenvalue weighted by Crippen LogP contribution is -2.41. The first kappa shape index (κ1) is 16.4. The molecule has 0 aromatic heterocycles. The van der Waals surface area contributed by atoms with E-state index >= 15 is 0 Å². The highest BCUT2D eigenvalue weighted by Gasteiger charge is 2.35. The summed E-state index contributed by atoms with van der Waals surface area (Å²) in [6.07, 6.45) is 0.452. The number of halogens is 1. The van der Waals surface area contributed by atoms with Gasteiger partial charge in [-0.1, -0.05) is 0 Å². The van der Waals surface area contributed by atoms with Crippen LogP contribution in [0.3, 0.4) is 0 Å². The summed E-state index contributed by atoms with van der Waals surface area (Å²) in [7, 11) is -2.25. The molecule has 0 bridgehead atoms. The molecule has 1 aliphatic heterocycles. The van der Waals surface area contributed by atoms with Crippen LogP contribution in [-0.2, 0) is 21.4 Å². The molecule has 2 atom stereocenters. The van der Waals surface area contributed by atoms with E-state index in [0.29, 0.717) is 13.0 Å². The van der Waals surface area contributed by atoms with E-state index in [1.54, 1.807) is 0 Å². The number of aliphatic hydroxyl groups excluding tert-OH is 1. The molecule has 1 fully saturated rings. The molecular formula is C14H20FNO4S. The molecule has 7 heteroatoms. The van der Waals surface area contributed by atoms with Gasteiger partial charge in [0.25, 0.3) is 0 Å². The van der Waals surface area contributed by atoms with Gasteiger partial charge in [-0.3, -0.25) is 0 Å². The summed E-state index contributed by atoms with van der Waals surface area (Å²) >= 11 is 0. The predicted octanol–water partition coefficient (Wildman–Crippen LogP) is 1.42. The highest BCUT2D eigenvalue weighted by Crippen LogP contribution is 2.27. The topological polar surface area (TPSA) is 66.8 Å². The SMILES string of the molecule is Cc1cc(S(=O)(=O)N(C)C2CCOC2C)cc(CO)c1F. The molecule has 0 radical (unpaired) electrons. The van der Waals surface area contributed by atoms with E-state index in [1.807, 2.05) is 6.92 Å². The Bertz CT molecular complexity index is 632. The summed E-state index contributed by atoms with van der Waals surface area (Å²) in [5.74, 6) is -0.573. The first-order valence-electron chi connectivity index (χ1n) is 6.78. The maximum atomic E-state index is 13.7. The molecule has 2 unspecified atom stereocenters. The molecule has 118 valence electrons. The van der Waals surface area contributed by atoms with Gasteiger partial charge < -0.3 is 9.84 Å². The van der Waals surface area contributed by atoms with Crippen LogP contribution in [-0.4, -0.2) is 43.6 Å². The van der Waals surface area contributed by atoms with Gasteiger partial charge in [0, 0.05) is 19.2 Å². The first-order chi connectivity index (χ1) is 9.78. The minimum atomic E-state index is -3.75. The largest absolute Gasteiger partial charge is 0.392 e. The van der Waals surface area contributed by atoms with Crippen molar-refractivity contribution < 1.29 is 22.7 Å². The van der Waals surface area contributed by atoms with Crippen molar-refractivity contribution >= 4 is 10.0 Å². The Hall–Kier alpha value is -1.02. The lowest BCUT2D eigenvalue weighted by atomic mass is 10.1. The average Bonchev–Trinajstić information content (AvgIpc) is 2.86. The number of likely N-dealkylation sites (N-methyl/N-ethyl adjacent to an activating group) is 1. The summed E-state index contributed by atoms with van der Waals surface area (Å²) < 4.78 is 45.7. The Kier molecular flexibility index (Phi) is 4.67. The third kappa shape index (κ3) is 2.96. The lowest BCUT2D eigenvalue weighted by Gasteiger charge is -2.26. The van der Waals surface area contributed by atoms with Crippen molar-refractivity contribution in [3.05, 3.63) is 29.1 Å². The fraction of sp³-hybridized carbons (Fsp3) is 0.571. The zero-order chi connectivity index (χ0) is 15.8. The van der Waals surface area contributed by atoms with Crippen molar-refractivity contribution in [2.45, 2.75) is 43.9 Å². The Morgan fingerprint density at radius 2 is 2.14 bits per heavy atom. The molecule has 1 aromatic rings. The number of ether oxygens (including phenoxy) is 1. The molecule has 0 aliphatic carbocycles. The minimum absolute atomic E-state index is 0.00736. The predicted molar refractivity (Wildman–Crippen MR) is 75.8 cm³/mol. The number of aliphatic hydroxyl groups is 1. The molecule has 5 nitrogen and oxygen atoms in total. The summed E-state index contributed by atoms with van der Waals surface area (Å²) in [4.78, 5) is -0.00736. The quantitative estimate of drug-likeness (QED) is 0.912. The van der Waals surface area contributed by atoms with Gasteiger partial charge >= 0.3 is 0 Å². The number of aryl methyl sites for hydroxylation is 1. The highest BCUT2D eigenvalue weighted by atomic mass is 32.2. The second-order valence-corrected chi connectivity index (χ2v) is 7.32. The van der Waals surface area contributed by atoms with E-state index in [1.165, 1.54) is 30.4 Å². The molecule has 1 heterocycles. The van der Waals surface area contributed by atoms with E-state index in [2.05, 4.69) is 0 Å². The second kappa shape index (κ2) is 6.00. The Morgan fingerprint density at radius 3 is 2.67 bits per heavy atom. The number of hydrogen-bond acceptors (Lipinski definition) is 4. The summed E-state index contributed by atoms with van der Waals surface area (Å²) in [6.45, 7) is 3.30. The van der Waals surface area contributed by atoms with Crippen molar-refractivity contribution in [1.82, 2.24) is 4.31 Å². The monoisotopic (exact) mass is 317 g/mol. The van der Waals surface area contributed by atoms with Crippen molar-refractivity contribution in [2.24, 2.45) is 0 Å². The Balaban J connectivity index is 2.42. The van der Waals surface area contributed by atoms with Crippen LogP contribution in [0.2, 0.25) is 0 Å². The van der Waals surface area contributed by atoms with E-state index < -0.39 is 22.4 Å². The van der Waals surface area contributed by atoms with Crippen LogP contribution in [0.15, 0.2) is 17.0 Å². The Morgan fingerprint density at radius 1 is 1.48 bits per heavy atom. The maximum Gasteiger partial charge on any atom is 0.243 e. The normalized spacial score (nSPS) is 23.0. The van der Waals surface area contributed by atoms with Crippen LogP contribution in [0.25, 0.3) is 0 Å². The van der Waals surface area contributed by atoms with E-state index in [9.17, 15) is 12.8 Å². The van der Waals surface area contributed by atoms with Gasteiger partial charge in [0.05, 0.1) is 23.6 Å². The molecule has 0 saturated carbocycles. The van der Waals surface area contributed by atoms with Crippen LogP contribution < -0.4 is 0 Å². The molecule has 1 N–H and O–H groups in total. The number of hydrogen-bond donors (Lipinski definition) is 1. The third-order valence-corrected chi connectivity index (χ3v) is 5.81. The summed E-state index contributed by atoms with van der Waals surface area (Å²) in [6, 6.07) is 2.24. The Labute approximate surface area is 124 Å². The average molecular weight is 317 g/mol. The fourth-order valence-corrected chi connectivity index (χ4v) is 4.20. The van der Waals surface area contributed by atoms with Gasteiger partial charge in [-0.05, 0) is 38.0 Å². The standard InChI is InChI=1S/C14H20FNO4S/c1-9-6-12(7-11(8-17)14(9)15)21(18,19)16(3)13-4-5-20-10(13)2/h6-7,10,13,17H,4-5,8H2,1-3H3. The number of rotatable bonds is 4. The van der Waals surface area contributed by atoms with Crippen LogP contribution in [0.1, 0.15) is 24.5 Å². The van der Waals surface area contributed by atoms with Crippen molar-refractivity contribution in [2.75, 3.05) is 13.7 Å². The van der Waals surface area contributed by atoms with E-state index in [4.69, 9.17) is 9.84 Å². The fourth-order valence-electron chi connectivity index (χ4n) is 2.61. The molecular weight excluding hydrogens is 297 g/mol. The van der Waals surface area contributed by atoms with Crippen molar-refractivity contribution in [3.8, 4) is 0 Å². The third-order valence-electron chi connectivity index (χ3n) is 3.95. The zero-order valence-corrected chi connectivity index (χ0v) is 13.2. The molecule has 2 rings (SSSR count). The number of benzene rings is 1. The number of nitrogens with zero attached hydrogens (tertiary/aromatic N) is 1. The van der Waals surface area contributed by atoms with Gasteiger partial charge in [-0.2, -0.15) is 4.31 Å². The van der Waals surface area contributed by atoms with Gasteiger partial charge in [-0.25, -0.2) is 12.8 Å². The summed E-state index contributed by atoms with van der Waals surface area (Å²) in [5.41, 5.74) is 0.182. The maximum absolute atomic E-state index is 13.7. The van der Waals surface area contributed by atoms with Crippen LogP contribution >= 0.6 is 0 Å². The van der Waals surface area contributed by atoms with Crippen LogP contribution in [0.5, 0.6) is 0 Å². The molecule has 1 aromatic carbocycles. The zero-order valence-electron chi connectivity index (χ0n) is 12.3. The van der Waals surface area contributed by atoms with E-state index in [0.717, 1.165) is 0 Å². The molecule has 0 amide bonds. The van der Waals surface area contributed by atoms with Gasteiger partial charge in [0.1, 0.15) is 5.82 Å². The smallest absolute Gasteiger partial charge is 0.243 e. The van der Waals surface area contributed by atoms with E-state index in [-0.39, 0.29) is 28.2 Å². The second-order valence-electron chi connectivity index (χ2n) is 5.32. The first-order valence-corrected chi connectivity index (χ1v) is 8.22. The molecule has 1 aliphatic rings. The van der Waals surface area contributed by atoms with Gasteiger partial charge in [0.15, 0.2) is 0 Å². The molecule has 1 saturated heterocycles.